The lowest BCUT2D eigenvalue weighted by Crippen LogP contribution is -2.37. The topological polar surface area (TPSA) is 81.7 Å². The van der Waals surface area contributed by atoms with E-state index in [2.05, 4.69) is 10.1 Å². The Bertz CT molecular complexity index is 239. The predicted octanol–water partition coefficient (Wildman–Crippen LogP) is -0.179. The summed E-state index contributed by atoms with van der Waals surface area (Å²) in [5.41, 5.74) is 0. The average Bonchev–Trinajstić information content (AvgIpc) is 2.15. The Morgan fingerprint density at radius 2 is 2.00 bits per heavy atom. The summed E-state index contributed by atoms with van der Waals surface area (Å²) >= 11 is 0. The van der Waals surface area contributed by atoms with Crippen molar-refractivity contribution in [1.82, 2.24) is 5.32 Å². The fourth-order valence-corrected chi connectivity index (χ4v) is 0.671. The van der Waals surface area contributed by atoms with Crippen molar-refractivity contribution in [2.45, 2.75) is 27.0 Å². The normalized spacial score (nSPS) is 12.0. The molecule has 1 unspecified atom stereocenters. The summed E-state index contributed by atoms with van der Waals surface area (Å²) in [6, 6.07) is 0. The molecule has 0 fully saturated rings. The van der Waals surface area contributed by atoms with E-state index in [1.165, 1.54) is 6.92 Å². The van der Waals surface area contributed by atoms with E-state index in [1.54, 1.807) is 13.8 Å². The summed E-state index contributed by atoms with van der Waals surface area (Å²) < 4.78 is 9.49. The molecular formula is C9H15NO5. The summed E-state index contributed by atoms with van der Waals surface area (Å²) in [4.78, 5) is 31.9. The van der Waals surface area contributed by atoms with Crippen LogP contribution in [-0.2, 0) is 23.9 Å². The van der Waals surface area contributed by atoms with E-state index in [4.69, 9.17) is 4.74 Å². The Hall–Kier alpha value is -1.43. The van der Waals surface area contributed by atoms with E-state index in [0.717, 1.165) is 0 Å². The molecule has 1 N–H and O–H groups in total. The van der Waals surface area contributed by atoms with E-state index >= 15 is 0 Å². The zero-order valence-corrected chi connectivity index (χ0v) is 8.98. The minimum Gasteiger partial charge on any atom is -0.438 e. The van der Waals surface area contributed by atoms with Crippen molar-refractivity contribution < 1.29 is 23.9 Å². The van der Waals surface area contributed by atoms with Crippen LogP contribution >= 0.6 is 0 Å². The number of amides is 1. The zero-order chi connectivity index (χ0) is 11.8. The van der Waals surface area contributed by atoms with Crippen molar-refractivity contribution in [2.75, 3.05) is 6.79 Å². The number of Topliss-reactive ketones (excluding diaryl/α,β-unsaturated/α-hetero) is 1. The van der Waals surface area contributed by atoms with Gasteiger partial charge in [0.25, 0.3) is 0 Å². The van der Waals surface area contributed by atoms with Crippen molar-refractivity contribution in [3.8, 4) is 0 Å². The van der Waals surface area contributed by atoms with Gasteiger partial charge in [0.2, 0.25) is 6.41 Å². The maximum atomic E-state index is 11.0. The first-order valence-corrected chi connectivity index (χ1v) is 4.47. The summed E-state index contributed by atoms with van der Waals surface area (Å²) in [7, 11) is 0. The van der Waals surface area contributed by atoms with Crippen LogP contribution in [0.4, 0.5) is 0 Å². The second-order valence-electron chi connectivity index (χ2n) is 3.18. The van der Waals surface area contributed by atoms with E-state index in [9.17, 15) is 14.4 Å². The molecule has 0 aliphatic heterocycles. The zero-order valence-electron chi connectivity index (χ0n) is 8.98. The lowest BCUT2D eigenvalue weighted by atomic mass is 10.2. The second kappa shape index (κ2) is 6.94. The van der Waals surface area contributed by atoms with Gasteiger partial charge in [-0.05, 0) is 6.92 Å². The van der Waals surface area contributed by atoms with Gasteiger partial charge in [-0.15, -0.1) is 0 Å². The number of carbonyl (C=O) groups is 3. The molecular weight excluding hydrogens is 202 g/mol. The largest absolute Gasteiger partial charge is 0.438 e. The molecule has 0 aliphatic carbocycles. The molecule has 0 aromatic carbocycles. The van der Waals surface area contributed by atoms with Crippen molar-refractivity contribution in [3.63, 3.8) is 0 Å². The Morgan fingerprint density at radius 1 is 1.40 bits per heavy atom. The maximum absolute atomic E-state index is 11.0. The number of nitrogens with one attached hydrogen (secondary N) is 1. The third kappa shape index (κ3) is 5.79. The molecule has 0 saturated heterocycles. The number of esters is 1. The lowest BCUT2D eigenvalue weighted by Gasteiger charge is -2.14. The Morgan fingerprint density at radius 3 is 2.40 bits per heavy atom. The van der Waals surface area contributed by atoms with Crippen LogP contribution in [0.1, 0.15) is 20.8 Å². The number of hydrogen-bond acceptors (Lipinski definition) is 5. The molecule has 6 heteroatoms. The molecule has 86 valence electrons. The quantitative estimate of drug-likeness (QED) is 0.363. The smallest absolute Gasteiger partial charge is 0.310 e. The molecule has 1 atom stereocenters. The van der Waals surface area contributed by atoms with Gasteiger partial charge < -0.3 is 14.8 Å². The first-order chi connectivity index (χ1) is 6.99. The van der Waals surface area contributed by atoms with Gasteiger partial charge in [0, 0.05) is 0 Å². The van der Waals surface area contributed by atoms with E-state index in [-0.39, 0.29) is 18.5 Å². The molecule has 0 aromatic rings. The molecule has 1 amide bonds. The molecule has 0 spiro atoms. The Kier molecular flexibility index (Phi) is 6.28. The van der Waals surface area contributed by atoms with Crippen molar-refractivity contribution >= 4 is 18.2 Å². The van der Waals surface area contributed by atoms with Crippen LogP contribution in [0.3, 0.4) is 0 Å². The fraction of sp³-hybridized carbons (Fsp3) is 0.667. The van der Waals surface area contributed by atoms with Crippen LogP contribution in [0.5, 0.6) is 0 Å². The van der Waals surface area contributed by atoms with Gasteiger partial charge in [-0.25, -0.2) is 0 Å². The highest BCUT2D eigenvalue weighted by molar-refractivity contribution is 5.81. The van der Waals surface area contributed by atoms with E-state index in [1.807, 2.05) is 0 Å². The minimum atomic E-state index is -1.07. The molecule has 15 heavy (non-hydrogen) atoms. The molecule has 0 heterocycles. The average molecular weight is 217 g/mol. The van der Waals surface area contributed by atoms with Crippen LogP contribution < -0.4 is 5.32 Å². The summed E-state index contributed by atoms with van der Waals surface area (Å²) in [6.45, 7) is 4.25. The third-order valence-corrected chi connectivity index (χ3v) is 1.50. The summed E-state index contributed by atoms with van der Waals surface area (Å²) in [5.74, 6) is -1.06. The standard InChI is InChI=1S/C9H15NO5/c1-6(2)9(13)15-5-14-8(7(3)12)10-4-11/h4,6,8H,5H2,1-3H3,(H,10,11). The van der Waals surface area contributed by atoms with Crippen molar-refractivity contribution in [2.24, 2.45) is 5.92 Å². The number of ketones is 1. The number of rotatable bonds is 7. The number of hydrogen-bond donors (Lipinski definition) is 1. The molecule has 6 nitrogen and oxygen atoms in total. The molecule has 0 radical (unpaired) electrons. The Labute approximate surface area is 87.9 Å². The second-order valence-corrected chi connectivity index (χ2v) is 3.18. The fourth-order valence-electron chi connectivity index (χ4n) is 0.671. The van der Waals surface area contributed by atoms with E-state index < -0.39 is 12.2 Å². The van der Waals surface area contributed by atoms with Gasteiger partial charge in [-0.3, -0.25) is 14.4 Å². The molecule has 0 saturated carbocycles. The summed E-state index contributed by atoms with van der Waals surface area (Å²) in [5, 5.41) is 2.14. The van der Waals surface area contributed by atoms with Gasteiger partial charge in [-0.1, -0.05) is 13.8 Å². The third-order valence-electron chi connectivity index (χ3n) is 1.50. The van der Waals surface area contributed by atoms with Crippen molar-refractivity contribution in [1.29, 1.82) is 0 Å². The van der Waals surface area contributed by atoms with Crippen molar-refractivity contribution in [3.05, 3.63) is 0 Å². The van der Waals surface area contributed by atoms with Gasteiger partial charge in [0.05, 0.1) is 5.92 Å². The highest BCUT2D eigenvalue weighted by Gasteiger charge is 2.14. The minimum absolute atomic E-state index is 0.261. The van der Waals surface area contributed by atoms with Crippen LogP contribution in [-0.4, -0.2) is 31.2 Å². The molecule has 0 aliphatic rings. The molecule has 0 aromatic heterocycles. The number of carbonyl (C=O) groups excluding carboxylic acids is 3. The predicted molar refractivity (Wildman–Crippen MR) is 50.6 cm³/mol. The van der Waals surface area contributed by atoms with Crippen LogP contribution in [0, 0.1) is 5.92 Å². The molecule has 0 bridgehead atoms. The van der Waals surface area contributed by atoms with Gasteiger partial charge in [0.1, 0.15) is 0 Å². The van der Waals surface area contributed by atoms with Crippen LogP contribution in [0.2, 0.25) is 0 Å². The molecule has 0 rings (SSSR count). The number of ether oxygens (including phenoxy) is 2. The van der Waals surface area contributed by atoms with Gasteiger partial charge >= 0.3 is 5.97 Å². The SMILES string of the molecule is CC(=O)C(NC=O)OCOC(=O)C(C)C. The van der Waals surface area contributed by atoms with Gasteiger partial charge in [-0.2, -0.15) is 0 Å². The van der Waals surface area contributed by atoms with E-state index in [0.29, 0.717) is 6.41 Å². The summed E-state index contributed by atoms with van der Waals surface area (Å²) in [6.07, 6.45) is -0.724. The van der Waals surface area contributed by atoms with Crippen LogP contribution in [0.15, 0.2) is 0 Å². The first kappa shape index (κ1) is 13.6. The van der Waals surface area contributed by atoms with Crippen LogP contribution in [0.25, 0.3) is 0 Å². The lowest BCUT2D eigenvalue weighted by molar-refractivity contribution is -0.169. The highest BCUT2D eigenvalue weighted by atomic mass is 16.7. The first-order valence-electron chi connectivity index (χ1n) is 4.47. The van der Waals surface area contributed by atoms with Gasteiger partial charge in [0.15, 0.2) is 18.8 Å². The monoisotopic (exact) mass is 217 g/mol. The highest BCUT2D eigenvalue weighted by Crippen LogP contribution is 1.97. The Balaban J connectivity index is 3.85. The maximum Gasteiger partial charge on any atom is 0.310 e.